The van der Waals surface area contributed by atoms with Crippen LogP contribution in [0.5, 0.6) is 0 Å². The summed E-state index contributed by atoms with van der Waals surface area (Å²) in [5.41, 5.74) is 1.86. The van der Waals surface area contributed by atoms with E-state index in [2.05, 4.69) is 10.6 Å². The topological polar surface area (TPSA) is 70.6 Å². The number of amides is 2. The number of nitrogens with one attached hydrogen (secondary N) is 2. The minimum Gasteiger partial charge on any atom is -0.387 e. The van der Waals surface area contributed by atoms with Crippen molar-refractivity contribution in [1.29, 1.82) is 0 Å². The first kappa shape index (κ1) is 16.8. The molecule has 0 radical (unpaired) electrons. The Kier molecular flexibility index (Phi) is 5.80. The van der Waals surface area contributed by atoms with E-state index in [0.717, 1.165) is 24.0 Å². The minimum absolute atomic E-state index is 0.120. The Morgan fingerprint density at radius 2 is 1.95 bits per heavy atom. The van der Waals surface area contributed by atoms with Crippen molar-refractivity contribution in [3.05, 3.63) is 35.4 Å². The maximum atomic E-state index is 12.0. The van der Waals surface area contributed by atoms with Gasteiger partial charge in [0.15, 0.2) is 0 Å². The number of benzene rings is 1. The quantitative estimate of drug-likeness (QED) is 0.799. The van der Waals surface area contributed by atoms with Gasteiger partial charge in [-0.2, -0.15) is 0 Å². The molecule has 0 bridgehead atoms. The molecule has 3 N–H and O–H groups in total. The van der Waals surface area contributed by atoms with Crippen LogP contribution in [0.1, 0.15) is 43.9 Å². The molecule has 22 heavy (non-hydrogen) atoms. The van der Waals surface area contributed by atoms with E-state index < -0.39 is 6.10 Å². The van der Waals surface area contributed by atoms with Crippen molar-refractivity contribution in [2.75, 3.05) is 6.54 Å². The van der Waals surface area contributed by atoms with Crippen LogP contribution in [0.2, 0.25) is 0 Å². The van der Waals surface area contributed by atoms with Gasteiger partial charge in [-0.15, -0.1) is 0 Å². The molecule has 3 atom stereocenters. The molecule has 1 heterocycles. The summed E-state index contributed by atoms with van der Waals surface area (Å²) in [6.45, 7) is 6.18. The molecule has 1 saturated heterocycles. The molecule has 3 unspecified atom stereocenters. The third-order valence-corrected chi connectivity index (χ3v) is 4.04. The predicted molar refractivity (Wildman–Crippen MR) is 85.7 cm³/mol. The van der Waals surface area contributed by atoms with Crippen molar-refractivity contribution >= 4 is 6.03 Å². The lowest BCUT2D eigenvalue weighted by Crippen LogP contribution is -2.48. The summed E-state index contributed by atoms with van der Waals surface area (Å²) in [7, 11) is 0. The zero-order valence-corrected chi connectivity index (χ0v) is 13.5. The Morgan fingerprint density at radius 1 is 1.32 bits per heavy atom. The highest BCUT2D eigenvalue weighted by Crippen LogP contribution is 2.19. The number of urea groups is 1. The number of carbonyl (C=O) groups is 1. The average Bonchev–Trinajstić information content (AvgIpc) is 2.44. The van der Waals surface area contributed by atoms with Gasteiger partial charge in [0.25, 0.3) is 0 Å². The van der Waals surface area contributed by atoms with Gasteiger partial charge in [-0.05, 0) is 44.7 Å². The number of carbonyl (C=O) groups excluding carboxylic acids is 1. The first-order valence-electron chi connectivity index (χ1n) is 7.89. The second-order valence-electron chi connectivity index (χ2n) is 6.15. The third-order valence-electron chi connectivity index (χ3n) is 4.04. The van der Waals surface area contributed by atoms with Gasteiger partial charge in [0.05, 0.1) is 18.3 Å². The Balaban J connectivity index is 1.79. The van der Waals surface area contributed by atoms with E-state index in [9.17, 15) is 9.90 Å². The van der Waals surface area contributed by atoms with Gasteiger partial charge in [0.2, 0.25) is 0 Å². The number of ether oxygens (including phenoxy) is 1. The summed E-state index contributed by atoms with van der Waals surface area (Å²) in [5.74, 6) is 0. The van der Waals surface area contributed by atoms with Crippen molar-refractivity contribution in [3.8, 4) is 0 Å². The van der Waals surface area contributed by atoms with Crippen molar-refractivity contribution in [3.63, 3.8) is 0 Å². The van der Waals surface area contributed by atoms with Crippen LogP contribution in [0.3, 0.4) is 0 Å². The fourth-order valence-corrected chi connectivity index (χ4v) is 3.02. The van der Waals surface area contributed by atoms with Crippen LogP contribution in [-0.4, -0.2) is 35.9 Å². The van der Waals surface area contributed by atoms with E-state index in [-0.39, 0.29) is 30.8 Å². The van der Waals surface area contributed by atoms with Gasteiger partial charge in [0.1, 0.15) is 0 Å². The molecule has 1 aliphatic rings. The second-order valence-corrected chi connectivity index (χ2v) is 6.15. The molecule has 2 amide bonds. The average molecular weight is 306 g/mol. The Morgan fingerprint density at radius 3 is 2.59 bits per heavy atom. The van der Waals surface area contributed by atoms with Crippen LogP contribution in [0.15, 0.2) is 24.3 Å². The van der Waals surface area contributed by atoms with Gasteiger partial charge in [-0.25, -0.2) is 4.79 Å². The molecule has 1 fully saturated rings. The molecule has 0 aromatic heterocycles. The lowest BCUT2D eigenvalue weighted by atomic mass is 10.00. The highest BCUT2D eigenvalue weighted by atomic mass is 16.5. The fraction of sp³-hybridized carbons (Fsp3) is 0.588. The van der Waals surface area contributed by atoms with Crippen LogP contribution in [-0.2, 0) is 4.74 Å². The van der Waals surface area contributed by atoms with E-state index in [1.54, 1.807) is 0 Å². The number of hydrogen-bond acceptors (Lipinski definition) is 3. The smallest absolute Gasteiger partial charge is 0.315 e. The first-order chi connectivity index (χ1) is 10.5. The molecule has 0 spiro atoms. The number of aliphatic hydroxyl groups excluding tert-OH is 1. The van der Waals surface area contributed by atoms with Crippen LogP contribution in [0.25, 0.3) is 0 Å². The molecule has 1 aromatic carbocycles. The first-order valence-corrected chi connectivity index (χ1v) is 7.89. The molecule has 0 aliphatic carbocycles. The maximum Gasteiger partial charge on any atom is 0.315 e. The summed E-state index contributed by atoms with van der Waals surface area (Å²) in [6, 6.07) is 7.52. The lowest BCUT2D eigenvalue weighted by molar-refractivity contribution is -0.0402. The number of rotatable bonds is 4. The highest BCUT2D eigenvalue weighted by molar-refractivity contribution is 5.74. The van der Waals surface area contributed by atoms with Gasteiger partial charge >= 0.3 is 6.03 Å². The van der Waals surface area contributed by atoms with E-state index >= 15 is 0 Å². The van der Waals surface area contributed by atoms with Gasteiger partial charge in [-0.1, -0.05) is 24.3 Å². The van der Waals surface area contributed by atoms with Crippen LogP contribution >= 0.6 is 0 Å². The molecule has 0 saturated carbocycles. The maximum absolute atomic E-state index is 12.0. The van der Waals surface area contributed by atoms with E-state index in [1.165, 1.54) is 0 Å². The molecule has 1 aromatic rings. The second kappa shape index (κ2) is 7.61. The molecular weight excluding hydrogens is 280 g/mol. The summed E-state index contributed by atoms with van der Waals surface area (Å²) < 4.78 is 5.66. The van der Waals surface area contributed by atoms with Gasteiger partial charge < -0.3 is 20.5 Å². The SMILES string of the molecule is Cc1ccccc1C(O)CNC(=O)NC1CC(C)OC(C)C1. The molecule has 5 heteroatoms. The third kappa shape index (κ3) is 4.71. The van der Waals surface area contributed by atoms with Crippen molar-refractivity contribution in [2.45, 2.75) is 58.0 Å². The normalized spacial score (nSPS) is 26.3. The minimum atomic E-state index is -0.695. The van der Waals surface area contributed by atoms with Gasteiger partial charge in [0, 0.05) is 12.6 Å². The molecule has 2 rings (SSSR count). The highest BCUT2D eigenvalue weighted by Gasteiger charge is 2.25. The van der Waals surface area contributed by atoms with Crippen LogP contribution < -0.4 is 10.6 Å². The zero-order valence-electron chi connectivity index (χ0n) is 13.5. The van der Waals surface area contributed by atoms with E-state index in [4.69, 9.17) is 4.74 Å². The standard InChI is InChI=1S/C17H26N2O3/c1-11-6-4-5-7-15(11)16(20)10-18-17(21)19-14-8-12(2)22-13(3)9-14/h4-7,12-14,16,20H,8-10H2,1-3H3,(H2,18,19,21). The van der Waals surface area contributed by atoms with E-state index in [1.807, 2.05) is 45.0 Å². The summed E-state index contributed by atoms with van der Waals surface area (Å²) >= 11 is 0. The van der Waals surface area contributed by atoms with Crippen LogP contribution in [0, 0.1) is 6.92 Å². The number of aliphatic hydroxyl groups is 1. The zero-order chi connectivity index (χ0) is 16.1. The lowest BCUT2D eigenvalue weighted by Gasteiger charge is -2.32. The Bertz CT molecular complexity index is 496. The van der Waals surface area contributed by atoms with Crippen molar-refractivity contribution < 1.29 is 14.6 Å². The molecular formula is C17H26N2O3. The van der Waals surface area contributed by atoms with Crippen molar-refractivity contribution in [1.82, 2.24) is 10.6 Å². The van der Waals surface area contributed by atoms with E-state index in [0.29, 0.717) is 0 Å². The molecule has 122 valence electrons. The summed E-state index contributed by atoms with van der Waals surface area (Å²) in [6.07, 6.45) is 1.26. The Labute approximate surface area is 132 Å². The number of aryl methyl sites for hydroxylation is 1. The fourth-order valence-electron chi connectivity index (χ4n) is 3.02. The number of hydrogen-bond donors (Lipinski definition) is 3. The van der Waals surface area contributed by atoms with Gasteiger partial charge in [-0.3, -0.25) is 0 Å². The van der Waals surface area contributed by atoms with Crippen LogP contribution in [0.4, 0.5) is 4.79 Å². The summed E-state index contributed by atoms with van der Waals surface area (Å²) in [5, 5.41) is 15.9. The molecule has 1 aliphatic heterocycles. The predicted octanol–water partition coefficient (Wildman–Crippen LogP) is 2.28. The largest absolute Gasteiger partial charge is 0.387 e. The Hall–Kier alpha value is -1.59. The summed E-state index contributed by atoms with van der Waals surface area (Å²) in [4.78, 5) is 12.0. The molecule has 5 nitrogen and oxygen atoms in total. The van der Waals surface area contributed by atoms with Crippen molar-refractivity contribution in [2.24, 2.45) is 0 Å². The monoisotopic (exact) mass is 306 g/mol.